The van der Waals surface area contributed by atoms with E-state index in [0.717, 1.165) is 6.26 Å². The minimum atomic E-state index is -3.78. The number of nitrogens with zero attached hydrogens (tertiary/aromatic N) is 2. The Morgan fingerprint density at radius 2 is 1.82 bits per heavy atom. The van der Waals surface area contributed by atoms with Gasteiger partial charge < -0.3 is 4.52 Å². The van der Waals surface area contributed by atoms with Gasteiger partial charge in [-0.05, 0) is 19.8 Å². The van der Waals surface area contributed by atoms with E-state index in [0.29, 0.717) is 6.54 Å². The molecule has 8 nitrogen and oxygen atoms in total. The molecule has 0 radical (unpaired) electrons. The third kappa shape index (κ3) is 5.04. The van der Waals surface area contributed by atoms with Crippen LogP contribution in [0.15, 0.2) is 9.42 Å². The number of sulfonamides is 2. The fraction of sp³-hybridized carbons (Fsp3) is 0.750. The van der Waals surface area contributed by atoms with Crippen molar-refractivity contribution in [2.45, 2.75) is 32.6 Å². The second-order valence-electron chi connectivity index (χ2n) is 5.57. The average Bonchev–Trinajstić information content (AvgIpc) is 2.66. The summed E-state index contributed by atoms with van der Waals surface area (Å²) in [4.78, 5) is 0.00210. The minimum Gasteiger partial charge on any atom is -0.360 e. The number of hydrogen-bond acceptors (Lipinski definition) is 6. The topological polar surface area (TPSA) is 110 Å². The maximum Gasteiger partial charge on any atom is 0.246 e. The summed E-state index contributed by atoms with van der Waals surface area (Å²) >= 11 is 0. The molecule has 1 heterocycles. The molecular weight excluding hydrogens is 330 g/mol. The van der Waals surface area contributed by atoms with Gasteiger partial charge in [-0.3, -0.25) is 0 Å². The highest BCUT2D eigenvalue weighted by Gasteiger charge is 2.25. The molecule has 0 spiro atoms. The predicted octanol–water partition coefficient (Wildman–Crippen LogP) is 0.487. The number of hydrogen-bond donors (Lipinski definition) is 1. The van der Waals surface area contributed by atoms with Crippen LogP contribution in [0.4, 0.5) is 0 Å². The zero-order chi connectivity index (χ0) is 17.1. The van der Waals surface area contributed by atoms with Gasteiger partial charge in [-0.1, -0.05) is 19.0 Å². The van der Waals surface area contributed by atoms with E-state index in [1.807, 2.05) is 13.8 Å². The predicted molar refractivity (Wildman–Crippen MR) is 82.4 cm³/mol. The highest BCUT2D eigenvalue weighted by Crippen LogP contribution is 2.18. The number of rotatable bonds is 8. The molecule has 0 saturated heterocycles. The first-order valence-electron chi connectivity index (χ1n) is 6.83. The van der Waals surface area contributed by atoms with E-state index in [1.165, 1.54) is 18.2 Å². The third-order valence-corrected chi connectivity index (χ3v) is 5.90. The summed E-state index contributed by atoms with van der Waals surface area (Å²) in [6, 6.07) is 0. The smallest absolute Gasteiger partial charge is 0.246 e. The van der Waals surface area contributed by atoms with E-state index in [-0.39, 0.29) is 35.4 Å². The van der Waals surface area contributed by atoms with Crippen LogP contribution in [0.3, 0.4) is 0 Å². The molecule has 1 aromatic heterocycles. The SMILES string of the molecule is Cc1noc(C)c1S(=O)(=O)NCCN(CC(C)C)S(C)(=O)=O. The van der Waals surface area contributed by atoms with Gasteiger partial charge in [-0.25, -0.2) is 25.9 Å². The van der Waals surface area contributed by atoms with Crippen LogP contribution in [-0.2, 0) is 20.0 Å². The Morgan fingerprint density at radius 3 is 2.23 bits per heavy atom. The maximum atomic E-state index is 12.2. The molecule has 128 valence electrons. The van der Waals surface area contributed by atoms with Crippen LogP contribution in [0.25, 0.3) is 0 Å². The Hall–Kier alpha value is -0.970. The molecule has 0 aromatic carbocycles. The second-order valence-corrected chi connectivity index (χ2v) is 9.25. The van der Waals surface area contributed by atoms with Crippen molar-refractivity contribution in [2.24, 2.45) is 5.92 Å². The molecule has 1 aromatic rings. The Balaban J connectivity index is 2.77. The van der Waals surface area contributed by atoms with Gasteiger partial charge >= 0.3 is 0 Å². The molecule has 0 amide bonds. The van der Waals surface area contributed by atoms with Gasteiger partial charge in [0, 0.05) is 19.6 Å². The fourth-order valence-corrected chi connectivity index (χ4v) is 4.37. The van der Waals surface area contributed by atoms with Crippen LogP contribution in [0.2, 0.25) is 0 Å². The molecule has 10 heteroatoms. The molecule has 22 heavy (non-hydrogen) atoms. The number of nitrogens with one attached hydrogen (secondary N) is 1. The molecule has 0 fully saturated rings. The number of aromatic nitrogens is 1. The molecule has 0 aliphatic rings. The first kappa shape index (κ1) is 19.1. The largest absolute Gasteiger partial charge is 0.360 e. The Labute approximate surface area is 132 Å². The summed E-state index contributed by atoms with van der Waals surface area (Å²) in [7, 11) is -7.16. The van der Waals surface area contributed by atoms with Crippen molar-refractivity contribution in [1.82, 2.24) is 14.2 Å². The molecule has 0 atom stereocenters. The van der Waals surface area contributed by atoms with Gasteiger partial charge in [0.1, 0.15) is 10.6 Å². The summed E-state index contributed by atoms with van der Waals surface area (Å²) in [6.45, 7) is 7.22. The molecule has 0 aliphatic heterocycles. The average molecular weight is 353 g/mol. The fourth-order valence-electron chi connectivity index (χ4n) is 2.03. The summed E-state index contributed by atoms with van der Waals surface area (Å²) in [5.41, 5.74) is 0.271. The van der Waals surface area contributed by atoms with Gasteiger partial charge in [0.25, 0.3) is 0 Å². The molecule has 1 N–H and O–H groups in total. The molecule has 0 aliphatic carbocycles. The summed E-state index contributed by atoms with van der Waals surface area (Å²) in [5.74, 6) is 0.348. The van der Waals surface area contributed by atoms with Crippen molar-refractivity contribution < 1.29 is 21.4 Å². The van der Waals surface area contributed by atoms with Crippen LogP contribution >= 0.6 is 0 Å². The third-order valence-electron chi connectivity index (χ3n) is 2.93. The van der Waals surface area contributed by atoms with Crippen molar-refractivity contribution in [2.75, 3.05) is 25.9 Å². The molecule has 1 rings (SSSR count). The van der Waals surface area contributed by atoms with Crippen LogP contribution in [-0.4, -0.2) is 52.2 Å². The molecule has 0 unspecified atom stereocenters. The lowest BCUT2D eigenvalue weighted by Crippen LogP contribution is -2.40. The van der Waals surface area contributed by atoms with Crippen molar-refractivity contribution in [3.63, 3.8) is 0 Å². The van der Waals surface area contributed by atoms with E-state index in [9.17, 15) is 16.8 Å². The lowest BCUT2D eigenvalue weighted by atomic mass is 10.2. The monoisotopic (exact) mass is 353 g/mol. The first-order valence-corrected chi connectivity index (χ1v) is 10.2. The van der Waals surface area contributed by atoms with Gasteiger partial charge in [-0.2, -0.15) is 0 Å². The van der Waals surface area contributed by atoms with Crippen molar-refractivity contribution in [1.29, 1.82) is 0 Å². The quantitative estimate of drug-likeness (QED) is 0.728. The Bertz CT molecular complexity index is 688. The lowest BCUT2D eigenvalue weighted by molar-refractivity contribution is 0.372. The first-order chi connectivity index (χ1) is 9.95. The molecular formula is C12H23N3O5S2. The van der Waals surface area contributed by atoms with Crippen molar-refractivity contribution >= 4 is 20.0 Å². The zero-order valence-corrected chi connectivity index (χ0v) is 15.1. The minimum absolute atomic E-state index is 0.00210. The van der Waals surface area contributed by atoms with Gasteiger partial charge in [0.05, 0.1) is 6.26 Å². The highest BCUT2D eigenvalue weighted by molar-refractivity contribution is 7.89. The Morgan fingerprint density at radius 1 is 1.23 bits per heavy atom. The van der Waals surface area contributed by atoms with Crippen LogP contribution in [0.5, 0.6) is 0 Å². The van der Waals surface area contributed by atoms with Crippen LogP contribution < -0.4 is 4.72 Å². The normalized spacial score (nSPS) is 13.2. The summed E-state index contributed by atoms with van der Waals surface area (Å²) in [5, 5.41) is 3.60. The maximum absolute atomic E-state index is 12.2. The molecule has 0 saturated carbocycles. The number of aryl methyl sites for hydroxylation is 2. The van der Waals surface area contributed by atoms with Crippen LogP contribution in [0, 0.1) is 19.8 Å². The Kier molecular flexibility index (Phi) is 6.13. The lowest BCUT2D eigenvalue weighted by Gasteiger charge is -2.21. The molecule has 0 bridgehead atoms. The van der Waals surface area contributed by atoms with E-state index >= 15 is 0 Å². The van der Waals surface area contributed by atoms with Crippen molar-refractivity contribution in [3.8, 4) is 0 Å². The second kappa shape index (κ2) is 7.07. The van der Waals surface area contributed by atoms with Gasteiger partial charge in [0.15, 0.2) is 5.76 Å². The highest BCUT2D eigenvalue weighted by atomic mass is 32.2. The van der Waals surface area contributed by atoms with E-state index < -0.39 is 20.0 Å². The van der Waals surface area contributed by atoms with Crippen molar-refractivity contribution in [3.05, 3.63) is 11.5 Å². The van der Waals surface area contributed by atoms with E-state index in [4.69, 9.17) is 4.52 Å². The summed E-state index contributed by atoms with van der Waals surface area (Å²) < 4.78 is 56.3. The van der Waals surface area contributed by atoms with Gasteiger partial charge in [0.2, 0.25) is 20.0 Å². The summed E-state index contributed by atoms with van der Waals surface area (Å²) in [6.07, 6.45) is 1.11. The standard InChI is InChI=1S/C12H23N3O5S2/c1-9(2)8-15(21(5,16)17)7-6-13-22(18,19)12-10(3)14-20-11(12)4/h9,13H,6-8H2,1-5H3. The van der Waals surface area contributed by atoms with Gasteiger partial charge in [-0.15, -0.1) is 0 Å². The van der Waals surface area contributed by atoms with E-state index in [2.05, 4.69) is 9.88 Å². The van der Waals surface area contributed by atoms with Crippen LogP contribution in [0.1, 0.15) is 25.3 Å². The zero-order valence-electron chi connectivity index (χ0n) is 13.5. The van der Waals surface area contributed by atoms with E-state index in [1.54, 1.807) is 0 Å².